The average molecular weight is 727 g/mol. The molecule has 0 saturated carbocycles. The lowest BCUT2D eigenvalue weighted by Gasteiger charge is -2.22. The van der Waals surface area contributed by atoms with Crippen LogP contribution in [0.25, 0.3) is 11.1 Å². The molecule has 0 fully saturated rings. The summed E-state index contributed by atoms with van der Waals surface area (Å²) >= 11 is 0. The lowest BCUT2D eigenvalue weighted by molar-refractivity contribution is -0.385. The second-order valence-electron chi connectivity index (χ2n) is 11.9. The number of aliphatic hydroxyl groups is 1. The van der Waals surface area contributed by atoms with Crippen LogP contribution in [-0.2, 0) is 33.7 Å². The summed E-state index contributed by atoms with van der Waals surface area (Å²) < 4.78 is 22.0. The van der Waals surface area contributed by atoms with Gasteiger partial charge in [0.25, 0.3) is 0 Å². The number of aromatic hydroxyl groups is 1. The van der Waals surface area contributed by atoms with Crippen LogP contribution in [-0.4, -0.2) is 66.5 Å². The van der Waals surface area contributed by atoms with E-state index in [2.05, 4.69) is 22.5 Å². The molecular weight excluding hydrogens is 688 g/mol. The Kier molecular flexibility index (Phi) is 12.1. The number of nitrogens with zero attached hydrogens (tertiary/aromatic N) is 1. The molecule has 15 heteroatoms. The molecule has 2 atom stereocenters. The molecule has 6 rings (SSSR count). The predicted octanol–water partition coefficient (Wildman–Crippen LogP) is 4.62. The van der Waals surface area contributed by atoms with E-state index in [1.165, 1.54) is 44.6 Å². The van der Waals surface area contributed by atoms with Crippen molar-refractivity contribution in [3.63, 3.8) is 0 Å². The van der Waals surface area contributed by atoms with Crippen molar-refractivity contribution < 1.29 is 48.5 Å². The average Bonchev–Trinajstić information content (AvgIpc) is 3.14. The van der Waals surface area contributed by atoms with E-state index in [-0.39, 0.29) is 54.6 Å². The maximum absolute atomic E-state index is 13.8. The Bertz CT molecular complexity index is 2030. The van der Waals surface area contributed by atoms with Crippen molar-refractivity contribution in [2.24, 2.45) is 0 Å². The zero-order chi connectivity index (χ0) is 38.1. The lowest BCUT2D eigenvalue weighted by atomic mass is 9.93. The summed E-state index contributed by atoms with van der Waals surface area (Å²) in [5, 5.41) is 42.0. The summed E-state index contributed by atoms with van der Waals surface area (Å²) in [6.07, 6.45) is 0.138. The Morgan fingerprint density at radius 3 is 2.60 bits per heavy atom. The number of hydrogen-bond donors (Lipinski definition) is 5. The van der Waals surface area contributed by atoms with E-state index < -0.39 is 47.2 Å². The number of nitro benzene ring substituents is 1. The molecule has 0 aromatic heterocycles. The van der Waals surface area contributed by atoms with Gasteiger partial charge < -0.3 is 45.1 Å². The number of nitro groups is 1. The minimum atomic E-state index is -1.28. The molecule has 0 saturated heterocycles. The van der Waals surface area contributed by atoms with Gasteiger partial charge in [-0.2, -0.15) is 0 Å². The van der Waals surface area contributed by atoms with Crippen LogP contribution < -0.4 is 30.2 Å². The molecule has 15 nitrogen and oxygen atoms in total. The molecule has 2 heterocycles. The van der Waals surface area contributed by atoms with Gasteiger partial charge in [-0.1, -0.05) is 36.9 Å². The predicted molar refractivity (Wildman–Crippen MR) is 192 cm³/mol. The summed E-state index contributed by atoms with van der Waals surface area (Å²) in [6.45, 7) is 2.71. The Balaban J connectivity index is 1.64. The third-order valence-electron chi connectivity index (χ3n) is 8.37. The van der Waals surface area contributed by atoms with Gasteiger partial charge in [0.2, 0.25) is 17.6 Å². The molecular formula is C38H38N4O11. The molecule has 53 heavy (non-hydrogen) atoms. The largest absolute Gasteiger partial charge is 0.507 e. The van der Waals surface area contributed by atoms with Gasteiger partial charge in [-0.3, -0.25) is 19.7 Å². The van der Waals surface area contributed by atoms with Crippen LogP contribution in [0.5, 0.6) is 28.7 Å². The first-order valence-corrected chi connectivity index (χ1v) is 16.4. The highest BCUT2D eigenvalue weighted by Crippen LogP contribution is 2.42. The number of hydrogen-bond acceptors (Lipinski definition) is 11. The molecule has 276 valence electrons. The number of methoxy groups -OCH3 is 2. The zero-order valence-corrected chi connectivity index (χ0v) is 28.9. The number of fused-ring (bicyclic) bond motifs is 9. The molecule has 0 aliphatic carbocycles. The number of carbonyl (C=O) groups is 3. The Morgan fingerprint density at radius 2 is 1.89 bits per heavy atom. The van der Waals surface area contributed by atoms with Gasteiger partial charge in [-0.05, 0) is 58.7 Å². The lowest BCUT2D eigenvalue weighted by Crippen LogP contribution is -2.48. The Labute approximate surface area is 304 Å². The van der Waals surface area contributed by atoms with E-state index in [4.69, 9.17) is 18.9 Å². The number of benzene rings is 4. The molecule has 5 N–H and O–H groups in total. The third kappa shape index (κ3) is 9.20. The van der Waals surface area contributed by atoms with Gasteiger partial charge in [-0.25, -0.2) is 4.79 Å². The minimum absolute atomic E-state index is 0.0946. The number of aliphatic hydroxyl groups excluding tert-OH is 1. The molecule has 3 amide bonds. The highest BCUT2D eigenvalue weighted by molar-refractivity contribution is 5.87. The Morgan fingerprint density at radius 1 is 1.08 bits per heavy atom. The van der Waals surface area contributed by atoms with Gasteiger partial charge in [-0.15, -0.1) is 0 Å². The van der Waals surface area contributed by atoms with Crippen LogP contribution in [0, 0.1) is 10.1 Å². The molecule has 2 aliphatic rings. The number of phenolic OH excluding ortho intramolecular Hbond substituents is 1. The maximum atomic E-state index is 13.8. The fourth-order valence-corrected chi connectivity index (χ4v) is 5.86. The van der Waals surface area contributed by atoms with Crippen LogP contribution in [0.4, 0.5) is 10.5 Å². The van der Waals surface area contributed by atoms with Crippen molar-refractivity contribution in [2.45, 2.75) is 31.5 Å². The topological polar surface area (TPSA) is 208 Å². The van der Waals surface area contributed by atoms with E-state index in [0.717, 1.165) is 0 Å². The number of phenols is 1. The van der Waals surface area contributed by atoms with E-state index >= 15 is 0 Å². The van der Waals surface area contributed by atoms with Gasteiger partial charge >= 0.3 is 11.8 Å². The van der Waals surface area contributed by atoms with Crippen molar-refractivity contribution in [1.82, 2.24) is 16.0 Å². The summed E-state index contributed by atoms with van der Waals surface area (Å²) in [5.74, 6) is -0.587. The van der Waals surface area contributed by atoms with Gasteiger partial charge in [0.05, 0.1) is 38.2 Å². The fraction of sp³-hybridized carbons (Fsp3) is 0.237. The Hall–Kier alpha value is -6.61. The van der Waals surface area contributed by atoms with Crippen molar-refractivity contribution in [1.29, 1.82) is 0 Å². The van der Waals surface area contributed by atoms with E-state index in [1.807, 2.05) is 0 Å². The smallest absolute Gasteiger partial charge is 0.408 e. The van der Waals surface area contributed by atoms with E-state index in [9.17, 15) is 34.7 Å². The second kappa shape index (κ2) is 17.1. The highest BCUT2D eigenvalue weighted by atomic mass is 16.6. The van der Waals surface area contributed by atoms with E-state index in [0.29, 0.717) is 33.6 Å². The van der Waals surface area contributed by atoms with E-state index in [1.54, 1.807) is 48.5 Å². The maximum Gasteiger partial charge on any atom is 0.408 e. The summed E-state index contributed by atoms with van der Waals surface area (Å²) in [4.78, 5) is 51.3. The third-order valence-corrected chi connectivity index (χ3v) is 8.37. The molecule has 2 aliphatic heterocycles. The van der Waals surface area contributed by atoms with Gasteiger partial charge in [0, 0.05) is 36.2 Å². The first-order chi connectivity index (χ1) is 25.5. The standard InChI is InChI=1S/C38H38N4O11/c1-4-12-52-38(47)41-29-14-23-8-10-34(31(15-23)42(48)49)53-26-7-5-6-22(13-26)16-35(45)40-30(21-43)24-9-11-33(51-3)28(18-24)36-25(20-39-37(29)46)17-27(50-2)19-32(36)44/h4-11,13,15,17-19,29-30,43-44H,1,12,14,16,20-21H2,2-3H3,(H,39,46)(H,40,45)(H,41,47)/t29-,30+/m0/s1. The quantitative estimate of drug-likeness (QED) is 0.101. The molecule has 6 bridgehead atoms. The van der Waals surface area contributed by atoms with Crippen molar-refractivity contribution in [2.75, 3.05) is 27.4 Å². The first kappa shape index (κ1) is 37.6. The number of carbonyl (C=O) groups excluding carboxylic acids is 3. The SMILES string of the molecule is C=CCOC(=O)N[C@H]1Cc2ccc(c([N+](=O)[O-])c2)Oc2cccc(c2)CC(=O)N[C@H](CO)c2ccc(OC)c(c2)-c2c(O)cc(OC)cc2CNC1=O. The van der Waals surface area contributed by atoms with Crippen LogP contribution >= 0.6 is 0 Å². The summed E-state index contributed by atoms with van der Waals surface area (Å²) in [5.41, 5.74) is 1.95. The first-order valence-electron chi connectivity index (χ1n) is 16.4. The molecule has 4 aromatic carbocycles. The number of alkyl carbamates (subject to hydrolysis) is 1. The number of rotatable bonds is 7. The van der Waals surface area contributed by atoms with Crippen LogP contribution in [0.1, 0.15) is 28.3 Å². The van der Waals surface area contributed by atoms with Gasteiger partial charge in [0.1, 0.15) is 35.6 Å². The van der Waals surface area contributed by atoms with Crippen LogP contribution in [0.2, 0.25) is 0 Å². The molecule has 0 radical (unpaired) electrons. The fourth-order valence-electron chi connectivity index (χ4n) is 5.86. The molecule has 0 unspecified atom stereocenters. The zero-order valence-electron chi connectivity index (χ0n) is 28.9. The summed E-state index contributed by atoms with van der Waals surface area (Å²) in [6, 6.07) is 16.4. The van der Waals surface area contributed by atoms with Crippen molar-refractivity contribution in [3.8, 4) is 39.9 Å². The summed E-state index contributed by atoms with van der Waals surface area (Å²) in [7, 11) is 2.85. The van der Waals surface area contributed by atoms with Crippen molar-refractivity contribution >= 4 is 23.6 Å². The highest BCUT2D eigenvalue weighted by Gasteiger charge is 2.27. The monoisotopic (exact) mass is 726 g/mol. The molecule has 0 spiro atoms. The van der Waals surface area contributed by atoms with Crippen LogP contribution in [0.15, 0.2) is 85.5 Å². The number of nitrogens with one attached hydrogen (secondary N) is 3. The second-order valence-corrected chi connectivity index (χ2v) is 11.9. The van der Waals surface area contributed by atoms with Crippen molar-refractivity contribution in [3.05, 3.63) is 118 Å². The number of ether oxygens (including phenoxy) is 4. The number of amides is 3. The van der Waals surface area contributed by atoms with Gasteiger partial charge in [0.15, 0.2) is 0 Å². The normalized spacial score (nSPS) is 15.9. The minimum Gasteiger partial charge on any atom is -0.507 e. The van der Waals surface area contributed by atoms with Crippen LogP contribution in [0.3, 0.4) is 0 Å². The molecule has 4 aromatic rings.